The van der Waals surface area contributed by atoms with E-state index in [1.54, 1.807) is 17.5 Å². The monoisotopic (exact) mass is 365 g/mol. The van der Waals surface area contributed by atoms with Gasteiger partial charge in [-0.15, -0.1) is 11.3 Å². The first-order valence-corrected chi connectivity index (χ1v) is 8.45. The van der Waals surface area contributed by atoms with Gasteiger partial charge in [0.1, 0.15) is 5.75 Å². The number of nitrogens with zero attached hydrogens (tertiary/aromatic N) is 2. The van der Waals surface area contributed by atoms with E-state index >= 15 is 0 Å². The summed E-state index contributed by atoms with van der Waals surface area (Å²) in [6.07, 6.45) is 1.51. The van der Waals surface area contributed by atoms with Crippen molar-refractivity contribution in [1.82, 2.24) is 4.98 Å². The zero-order valence-corrected chi connectivity index (χ0v) is 14.0. The van der Waals surface area contributed by atoms with Gasteiger partial charge in [-0.2, -0.15) is 0 Å². The number of nitrogens with one attached hydrogen (secondary N) is 1. The van der Waals surface area contributed by atoms with E-state index in [-0.39, 0.29) is 22.4 Å². The molecule has 1 aliphatic rings. The largest absolute Gasteiger partial charge is 0.508 e. The molecule has 2 aromatic carbocycles. The van der Waals surface area contributed by atoms with Crippen LogP contribution < -0.4 is 10.2 Å². The van der Waals surface area contributed by atoms with Gasteiger partial charge in [-0.1, -0.05) is 6.07 Å². The lowest BCUT2D eigenvalue weighted by Gasteiger charge is -2.08. The average Bonchev–Trinajstić information content (AvgIpc) is 3.22. The third kappa shape index (κ3) is 2.62. The minimum absolute atomic E-state index is 0.0246. The van der Waals surface area contributed by atoms with Crippen LogP contribution >= 0.6 is 11.3 Å². The Bertz CT molecular complexity index is 1050. The van der Waals surface area contributed by atoms with Crippen LogP contribution in [0.15, 0.2) is 54.0 Å². The van der Waals surface area contributed by atoms with Gasteiger partial charge in [0.25, 0.3) is 17.7 Å². The Morgan fingerprint density at radius 3 is 2.62 bits per heavy atom. The fourth-order valence-electron chi connectivity index (χ4n) is 2.67. The second kappa shape index (κ2) is 6.08. The molecule has 2 heterocycles. The first kappa shape index (κ1) is 16.0. The predicted molar refractivity (Wildman–Crippen MR) is 95.8 cm³/mol. The molecule has 1 aliphatic heterocycles. The van der Waals surface area contributed by atoms with Crippen molar-refractivity contribution >= 4 is 39.9 Å². The Hall–Kier alpha value is -3.52. The Kier molecular flexibility index (Phi) is 3.74. The summed E-state index contributed by atoms with van der Waals surface area (Å²) >= 11 is 1.18. The molecule has 0 atom stereocenters. The van der Waals surface area contributed by atoms with Crippen LogP contribution in [0.3, 0.4) is 0 Å². The lowest BCUT2D eigenvalue weighted by Crippen LogP contribution is -2.29. The highest BCUT2D eigenvalue weighted by molar-refractivity contribution is 7.14. The van der Waals surface area contributed by atoms with Gasteiger partial charge in [0.2, 0.25) is 0 Å². The van der Waals surface area contributed by atoms with Gasteiger partial charge in [0, 0.05) is 28.9 Å². The van der Waals surface area contributed by atoms with E-state index in [4.69, 9.17) is 0 Å². The van der Waals surface area contributed by atoms with Gasteiger partial charge in [0.15, 0.2) is 5.13 Å². The van der Waals surface area contributed by atoms with Crippen molar-refractivity contribution in [2.75, 3.05) is 10.2 Å². The minimum atomic E-state index is -0.507. The molecule has 3 aromatic rings. The number of hydrogen-bond donors (Lipinski definition) is 2. The number of anilines is 2. The van der Waals surface area contributed by atoms with Crippen LogP contribution in [0.5, 0.6) is 5.75 Å². The van der Waals surface area contributed by atoms with Gasteiger partial charge in [-0.05, 0) is 30.3 Å². The molecule has 0 saturated carbocycles. The number of phenols is 1. The maximum absolute atomic E-state index is 12.6. The summed E-state index contributed by atoms with van der Waals surface area (Å²) in [5, 5.41) is 14.1. The van der Waals surface area contributed by atoms with Crippen molar-refractivity contribution in [2.24, 2.45) is 0 Å². The van der Waals surface area contributed by atoms with E-state index in [1.165, 1.54) is 47.9 Å². The van der Waals surface area contributed by atoms with E-state index in [0.717, 1.165) is 4.90 Å². The molecule has 0 bridgehead atoms. The highest BCUT2D eigenvalue weighted by Crippen LogP contribution is 2.30. The molecule has 2 N–H and O–H groups in total. The minimum Gasteiger partial charge on any atom is -0.508 e. The van der Waals surface area contributed by atoms with Crippen LogP contribution in [0.25, 0.3) is 0 Å². The maximum atomic E-state index is 12.6. The molecule has 0 fully saturated rings. The van der Waals surface area contributed by atoms with Crippen LogP contribution in [0.1, 0.15) is 31.1 Å². The summed E-state index contributed by atoms with van der Waals surface area (Å²) in [6, 6.07) is 10.5. The topological polar surface area (TPSA) is 99.6 Å². The zero-order chi connectivity index (χ0) is 18.3. The SMILES string of the molecule is O=C(Nc1cccc(O)c1)c1ccc2c(c1)C(=O)N(c1nccs1)C2=O. The normalized spacial score (nSPS) is 13.0. The van der Waals surface area contributed by atoms with E-state index in [0.29, 0.717) is 10.8 Å². The second-order valence-corrected chi connectivity index (χ2v) is 6.40. The number of carbonyl (C=O) groups is 3. The highest BCUT2D eigenvalue weighted by atomic mass is 32.1. The number of aromatic hydroxyl groups is 1. The Balaban J connectivity index is 1.64. The van der Waals surface area contributed by atoms with Crippen molar-refractivity contribution < 1.29 is 19.5 Å². The summed E-state index contributed by atoms with van der Waals surface area (Å²) in [5.41, 5.74) is 1.05. The number of fused-ring (bicyclic) bond motifs is 1. The summed E-state index contributed by atoms with van der Waals surface area (Å²) in [4.78, 5) is 42.5. The van der Waals surface area contributed by atoms with Crippen molar-refractivity contribution in [3.05, 3.63) is 70.7 Å². The molecule has 7 nitrogen and oxygen atoms in total. The van der Waals surface area contributed by atoms with Crippen LogP contribution in [0, 0.1) is 0 Å². The Morgan fingerprint density at radius 2 is 1.88 bits per heavy atom. The number of carbonyl (C=O) groups excluding carboxylic acids is 3. The van der Waals surface area contributed by atoms with Crippen molar-refractivity contribution in [3.8, 4) is 5.75 Å². The van der Waals surface area contributed by atoms with Crippen LogP contribution in [0.4, 0.5) is 10.8 Å². The fraction of sp³-hybridized carbons (Fsp3) is 0. The third-order valence-electron chi connectivity index (χ3n) is 3.86. The number of rotatable bonds is 3. The highest BCUT2D eigenvalue weighted by Gasteiger charge is 2.38. The summed E-state index contributed by atoms with van der Waals surface area (Å²) < 4.78 is 0. The van der Waals surface area contributed by atoms with E-state index in [9.17, 15) is 19.5 Å². The Morgan fingerprint density at radius 1 is 1.08 bits per heavy atom. The van der Waals surface area contributed by atoms with Crippen molar-refractivity contribution in [1.29, 1.82) is 0 Å². The van der Waals surface area contributed by atoms with Crippen molar-refractivity contribution in [2.45, 2.75) is 0 Å². The molecule has 0 aliphatic carbocycles. The number of imide groups is 1. The van der Waals surface area contributed by atoms with Gasteiger partial charge >= 0.3 is 0 Å². The molecule has 0 radical (unpaired) electrons. The molecule has 0 spiro atoms. The molecule has 26 heavy (non-hydrogen) atoms. The van der Waals surface area contributed by atoms with Gasteiger partial charge < -0.3 is 10.4 Å². The van der Waals surface area contributed by atoms with E-state index in [1.807, 2.05) is 0 Å². The molecule has 1 aromatic heterocycles. The number of amides is 3. The number of benzene rings is 2. The zero-order valence-electron chi connectivity index (χ0n) is 13.2. The Labute approximate surface area is 151 Å². The number of aromatic nitrogens is 1. The van der Waals surface area contributed by atoms with E-state index < -0.39 is 17.7 Å². The lowest BCUT2D eigenvalue weighted by atomic mass is 10.1. The maximum Gasteiger partial charge on any atom is 0.268 e. The molecular formula is C18H11N3O4S. The number of phenolic OH excluding ortho intramolecular Hbond substituents is 1. The molecule has 0 saturated heterocycles. The fourth-order valence-corrected chi connectivity index (χ4v) is 3.31. The number of hydrogen-bond acceptors (Lipinski definition) is 6. The van der Waals surface area contributed by atoms with E-state index in [2.05, 4.69) is 10.3 Å². The summed E-state index contributed by atoms with van der Waals surface area (Å²) in [5.74, 6) is -1.39. The predicted octanol–water partition coefficient (Wildman–Crippen LogP) is 2.90. The van der Waals surface area contributed by atoms with Crippen molar-refractivity contribution in [3.63, 3.8) is 0 Å². The quantitative estimate of drug-likeness (QED) is 0.695. The molecule has 0 unspecified atom stereocenters. The standard InChI is InChI=1S/C18H11N3O4S/c22-12-3-1-2-11(9-12)20-15(23)10-4-5-13-14(8-10)17(25)21(16(13)24)18-19-6-7-26-18/h1-9,22H,(H,20,23). The first-order chi connectivity index (χ1) is 12.5. The molecule has 4 rings (SSSR count). The van der Waals surface area contributed by atoms with Gasteiger partial charge in [0.05, 0.1) is 11.1 Å². The molecular weight excluding hydrogens is 354 g/mol. The summed E-state index contributed by atoms with van der Waals surface area (Å²) in [7, 11) is 0. The van der Waals surface area contributed by atoms with Crippen LogP contribution in [-0.2, 0) is 0 Å². The third-order valence-corrected chi connectivity index (χ3v) is 4.62. The average molecular weight is 365 g/mol. The van der Waals surface area contributed by atoms with Crippen LogP contribution in [-0.4, -0.2) is 27.8 Å². The molecule has 128 valence electrons. The lowest BCUT2D eigenvalue weighted by molar-refractivity contribution is 0.0925. The summed E-state index contributed by atoms with van der Waals surface area (Å²) in [6.45, 7) is 0. The number of thiazole rings is 1. The molecule has 8 heteroatoms. The van der Waals surface area contributed by atoms with Gasteiger partial charge in [-0.3, -0.25) is 14.4 Å². The van der Waals surface area contributed by atoms with Gasteiger partial charge in [-0.25, -0.2) is 9.88 Å². The first-order valence-electron chi connectivity index (χ1n) is 7.57. The molecule has 3 amide bonds. The van der Waals surface area contributed by atoms with Crippen LogP contribution in [0.2, 0.25) is 0 Å². The smallest absolute Gasteiger partial charge is 0.268 e. The second-order valence-electron chi connectivity index (χ2n) is 5.53.